The van der Waals surface area contributed by atoms with Gasteiger partial charge in [0.15, 0.2) is 0 Å². The quantitative estimate of drug-likeness (QED) is 0.847. The van der Waals surface area contributed by atoms with Gasteiger partial charge in [-0.15, -0.1) is 0 Å². The Morgan fingerprint density at radius 1 is 1.55 bits per heavy atom. The molecule has 112 valence electrons. The number of carbonyl (C=O) groups is 1. The highest BCUT2D eigenvalue weighted by Gasteiger charge is 2.29. The van der Waals surface area contributed by atoms with Gasteiger partial charge in [0, 0.05) is 25.3 Å². The highest BCUT2D eigenvalue weighted by molar-refractivity contribution is 5.93. The molecular formula is C14H24N4O2. The number of hydrogen-bond donors (Lipinski definition) is 2. The second-order valence-electron chi connectivity index (χ2n) is 5.75. The summed E-state index contributed by atoms with van der Waals surface area (Å²) < 4.78 is 1.80. The van der Waals surface area contributed by atoms with Gasteiger partial charge in [-0.25, -0.2) is 4.68 Å². The number of hydrogen-bond acceptors (Lipinski definition) is 4. The van der Waals surface area contributed by atoms with Crippen molar-refractivity contribution in [1.82, 2.24) is 14.7 Å². The zero-order chi connectivity index (χ0) is 14.7. The first kappa shape index (κ1) is 15.0. The molecule has 1 aromatic rings. The van der Waals surface area contributed by atoms with Crippen molar-refractivity contribution in [2.75, 3.05) is 25.0 Å². The van der Waals surface area contributed by atoms with Crippen molar-refractivity contribution in [1.29, 1.82) is 0 Å². The van der Waals surface area contributed by atoms with Gasteiger partial charge in [0.05, 0.1) is 12.2 Å². The minimum Gasteiger partial charge on any atom is -0.396 e. The van der Waals surface area contributed by atoms with E-state index in [0.29, 0.717) is 5.92 Å². The number of likely N-dealkylation sites (tertiary alicyclic amines) is 1. The predicted molar refractivity (Wildman–Crippen MR) is 77.5 cm³/mol. The molecule has 0 bridgehead atoms. The molecule has 2 rings (SSSR count). The minimum absolute atomic E-state index is 0.0222. The monoisotopic (exact) mass is 280 g/mol. The van der Waals surface area contributed by atoms with Crippen LogP contribution < -0.4 is 5.32 Å². The third kappa shape index (κ3) is 3.19. The van der Waals surface area contributed by atoms with E-state index in [-0.39, 0.29) is 24.6 Å². The summed E-state index contributed by atoms with van der Waals surface area (Å²) in [4.78, 5) is 14.4. The number of amides is 1. The molecule has 2 unspecified atom stereocenters. The van der Waals surface area contributed by atoms with Crippen LogP contribution in [0.2, 0.25) is 0 Å². The van der Waals surface area contributed by atoms with E-state index in [4.69, 9.17) is 0 Å². The van der Waals surface area contributed by atoms with Gasteiger partial charge in [0.2, 0.25) is 5.91 Å². The molecule has 0 saturated carbocycles. The van der Waals surface area contributed by atoms with Gasteiger partial charge in [-0.2, -0.15) is 5.10 Å². The second kappa shape index (κ2) is 6.37. The predicted octanol–water partition coefficient (Wildman–Crippen LogP) is 1.11. The molecule has 1 aliphatic rings. The number of nitrogens with zero attached hydrogens (tertiary/aromatic N) is 3. The summed E-state index contributed by atoms with van der Waals surface area (Å²) in [6, 6.07) is 1.83. The average Bonchev–Trinajstić information content (AvgIpc) is 3.06. The standard InChI is InChI=1S/C14H24N4O2/c1-10(2)18-13(4-6-15-18)16-14(20)11(3)17-7-5-12(8-17)9-19/h4,6,10-12,19H,5,7-9H2,1-3H3,(H,16,20). The van der Waals surface area contributed by atoms with Gasteiger partial charge in [0.1, 0.15) is 5.82 Å². The van der Waals surface area contributed by atoms with E-state index >= 15 is 0 Å². The largest absolute Gasteiger partial charge is 0.396 e. The molecule has 1 aliphatic heterocycles. The lowest BCUT2D eigenvalue weighted by molar-refractivity contribution is -0.120. The highest BCUT2D eigenvalue weighted by atomic mass is 16.3. The molecule has 20 heavy (non-hydrogen) atoms. The van der Waals surface area contributed by atoms with E-state index in [1.54, 1.807) is 10.9 Å². The fourth-order valence-corrected chi connectivity index (χ4v) is 2.58. The van der Waals surface area contributed by atoms with Crippen LogP contribution in [-0.4, -0.2) is 51.4 Å². The SMILES string of the molecule is CC(C(=O)Nc1ccnn1C(C)C)N1CCC(CO)C1. The van der Waals surface area contributed by atoms with Crippen molar-refractivity contribution in [3.05, 3.63) is 12.3 Å². The molecule has 6 nitrogen and oxygen atoms in total. The minimum atomic E-state index is -0.193. The Labute approximate surface area is 119 Å². The van der Waals surface area contributed by atoms with Crippen LogP contribution >= 0.6 is 0 Å². The number of carbonyl (C=O) groups excluding carboxylic acids is 1. The first-order valence-corrected chi connectivity index (χ1v) is 7.22. The third-order valence-electron chi connectivity index (χ3n) is 3.91. The zero-order valence-electron chi connectivity index (χ0n) is 12.4. The maximum atomic E-state index is 12.3. The maximum Gasteiger partial charge on any atom is 0.242 e. The summed E-state index contributed by atoms with van der Waals surface area (Å²) in [6.07, 6.45) is 2.65. The Morgan fingerprint density at radius 2 is 2.30 bits per heavy atom. The molecule has 1 fully saturated rings. The normalized spacial score (nSPS) is 21.4. The lowest BCUT2D eigenvalue weighted by atomic mass is 10.1. The van der Waals surface area contributed by atoms with Crippen LogP contribution in [0.15, 0.2) is 12.3 Å². The Kier molecular flexibility index (Phi) is 4.77. The lowest BCUT2D eigenvalue weighted by Crippen LogP contribution is -2.41. The van der Waals surface area contributed by atoms with Gasteiger partial charge >= 0.3 is 0 Å². The Bertz CT molecular complexity index is 458. The molecule has 6 heteroatoms. The maximum absolute atomic E-state index is 12.3. The number of rotatable bonds is 5. The molecule has 2 heterocycles. The van der Waals surface area contributed by atoms with Gasteiger partial charge in [0.25, 0.3) is 0 Å². The van der Waals surface area contributed by atoms with Crippen molar-refractivity contribution in [2.24, 2.45) is 5.92 Å². The number of nitrogens with one attached hydrogen (secondary N) is 1. The van der Waals surface area contributed by atoms with Crippen LogP contribution in [0.3, 0.4) is 0 Å². The third-order valence-corrected chi connectivity index (χ3v) is 3.91. The molecule has 1 saturated heterocycles. The van der Waals surface area contributed by atoms with E-state index < -0.39 is 0 Å². The highest BCUT2D eigenvalue weighted by Crippen LogP contribution is 2.19. The van der Waals surface area contributed by atoms with Crippen LogP contribution in [0, 0.1) is 5.92 Å². The summed E-state index contributed by atoms with van der Waals surface area (Å²) >= 11 is 0. The molecule has 2 N–H and O–H groups in total. The Morgan fingerprint density at radius 3 is 2.90 bits per heavy atom. The molecular weight excluding hydrogens is 256 g/mol. The zero-order valence-corrected chi connectivity index (χ0v) is 12.4. The fourth-order valence-electron chi connectivity index (χ4n) is 2.58. The van der Waals surface area contributed by atoms with E-state index in [0.717, 1.165) is 25.3 Å². The molecule has 1 aromatic heterocycles. The average molecular weight is 280 g/mol. The summed E-state index contributed by atoms with van der Waals surface area (Å²) in [5.41, 5.74) is 0. The first-order chi connectivity index (χ1) is 9.52. The summed E-state index contributed by atoms with van der Waals surface area (Å²) in [5.74, 6) is 1.01. The van der Waals surface area contributed by atoms with Crippen molar-refractivity contribution in [3.8, 4) is 0 Å². The molecule has 0 radical (unpaired) electrons. The molecule has 0 aliphatic carbocycles. The second-order valence-corrected chi connectivity index (χ2v) is 5.75. The smallest absolute Gasteiger partial charge is 0.242 e. The van der Waals surface area contributed by atoms with Gasteiger partial charge in [-0.3, -0.25) is 9.69 Å². The van der Waals surface area contributed by atoms with Crippen LogP contribution in [0.5, 0.6) is 0 Å². The fraction of sp³-hybridized carbons (Fsp3) is 0.714. The van der Waals surface area contributed by atoms with E-state index in [1.165, 1.54) is 0 Å². The van der Waals surface area contributed by atoms with Crippen molar-refractivity contribution >= 4 is 11.7 Å². The number of anilines is 1. The molecule has 1 amide bonds. The van der Waals surface area contributed by atoms with Gasteiger partial charge < -0.3 is 10.4 Å². The Hall–Kier alpha value is -1.40. The summed E-state index contributed by atoms with van der Waals surface area (Å²) in [7, 11) is 0. The molecule has 0 aromatic carbocycles. The Balaban J connectivity index is 1.96. The molecule has 2 atom stereocenters. The van der Waals surface area contributed by atoms with Gasteiger partial charge in [-0.05, 0) is 39.7 Å². The van der Waals surface area contributed by atoms with Crippen LogP contribution in [0.4, 0.5) is 5.82 Å². The number of aromatic nitrogens is 2. The topological polar surface area (TPSA) is 70.4 Å². The van der Waals surface area contributed by atoms with Crippen molar-refractivity contribution in [2.45, 2.75) is 39.3 Å². The van der Waals surface area contributed by atoms with Crippen molar-refractivity contribution in [3.63, 3.8) is 0 Å². The van der Waals surface area contributed by atoms with Crippen LogP contribution in [0.1, 0.15) is 33.2 Å². The lowest BCUT2D eigenvalue weighted by Gasteiger charge is -2.23. The van der Waals surface area contributed by atoms with Crippen molar-refractivity contribution < 1.29 is 9.90 Å². The number of aliphatic hydroxyl groups excluding tert-OH is 1. The first-order valence-electron chi connectivity index (χ1n) is 7.22. The van der Waals surface area contributed by atoms with Crippen LogP contribution in [0.25, 0.3) is 0 Å². The van der Waals surface area contributed by atoms with Crippen LogP contribution in [-0.2, 0) is 4.79 Å². The summed E-state index contributed by atoms with van der Waals surface area (Å²) in [6.45, 7) is 7.81. The van der Waals surface area contributed by atoms with E-state index in [1.807, 2.05) is 26.8 Å². The summed E-state index contributed by atoms with van der Waals surface area (Å²) in [5, 5.41) is 16.3. The van der Waals surface area contributed by atoms with E-state index in [2.05, 4.69) is 15.3 Å². The molecule has 0 spiro atoms. The van der Waals surface area contributed by atoms with E-state index in [9.17, 15) is 9.90 Å². The van der Waals surface area contributed by atoms with Gasteiger partial charge in [-0.1, -0.05) is 0 Å². The number of aliphatic hydroxyl groups is 1.